The molecule has 1 atom stereocenters. The standard InChI is InChI=1S/C18H21N3O3S/c22-16(23)12-15-17(24)21(14-10-6-3-7-11-14)18(25-15)20-19-13-8-4-1-2-5-9-13/h3,6-7,10-11,15H,1-2,4-5,8-9,12H2,(H,22,23)/p-1/b20-18+/t15-/m1/s1. The summed E-state index contributed by atoms with van der Waals surface area (Å²) in [4.78, 5) is 25.0. The zero-order valence-corrected chi connectivity index (χ0v) is 14.7. The van der Waals surface area contributed by atoms with Crippen molar-refractivity contribution in [1.82, 2.24) is 0 Å². The number of hydrogen-bond acceptors (Lipinski definition) is 6. The van der Waals surface area contributed by atoms with E-state index < -0.39 is 11.2 Å². The van der Waals surface area contributed by atoms with E-state index in [9.17, 15) is 14.7 Å². The quantitative estimate of drug-likeness (QED) is 0.611. The Bertz CT molecular complexity index is 693. The Kier molecular flexibility index (Phi) is 5.86. The van der Waals surface area contributed by atoms with E-state index in [0.29, 0.717) is 10.9 Å². The van der Waals surface area contributed by atoms with Crippen molar-refractivity contribution >= 4 is 40.2 Å². The van der Waals surface area contributed by atoms with Crippen molar-refractivity contribution in [2.24, 2.45) is 10.2 Å². The second kappa shape index (κ2) is 8.29. The van der Waals surface area contributed by atoms with E-state index in [1.165, 1.54) is 17.7 Å². The molecule has 132 valence electrons. The molecule has 0 aromatic heterocycles. The number of carboxylic acid groups (broad SMARTS) is 1. The fourth-order valence-corrected chi connectivity index (χ4v) is 4.05. The number of aliphatic carboxylic acids is 1. The fourth-order valence-electron chi connectivity index (χ4n) is 2.98. The molecule has 1 saturated carbocycles. The van der Waals surface area contributed by atoms with E-state index in [1.807, 2.05) is 18.2 Å². The first kappa shape index (κ1) is 17.7. The summed E-state index contributed by atoms with van der Waals surface area (Å²) in [5.74, 6) is -1.53. The minimum absolute atomic E-state index is 0.291. The minimum Gasteiger partial charge on any atom is -0.550 e. The highest BCUT2D eigenvalue weighted by Crippen LogP contribution is 2.33. The van der Waals surface area contributed by atoms with Gasteiger partial charge >= 0.3 is 0 Å². The molecule has 0 radical (unpaired) electrons. The molecular formula is C18H20N3O3S-. The normalized spacial score (nSPS) is 23.0. The molecule has 1 aromatic rings. The second-order valence-corrected chi connectivity index (χ2v) is 7.32. The Hall–Kier alpha value is -2.15. The van der Waals surface area contributed by atoms with Crippen molar-refractivity contribution in [3.8, 4) is 0 Å². The lowest BCUT2D eigenvalue weighted by Gasteiger charge is -2.15. The van der Waals surface area contributed by atoms with E-state index in [1.54, 1.807) is 12.1 Å². The van der Waals surface area contributed by atoms with Gasteiger partial charge in [-0.3, -0.25) is 9.69 Å². The number of thioether (sulfide) groups is 1. The number of anilines is 1. The number of carbonyl (C=O) groups excluding carboxylic acids is 2. The summed E-state index contributed by atoms with van der Waals surface area (Å²) < 4.78 is 0. The molecule has 25 heavy (non-hydrogen) atoms. The van der Waals surface area contributed by atoms with Crippen LogP contribution in [0.25, 0.3) is 0 Å². The topological polar surface area (TPSA) is 85.2 Å². The van der Waals surface area contributed by atoms with Crippen LogP contribution in [-0.2, 0) is 9.59 Å². The van der Waals surface area contributed by atoms with Crippen LogP contribution in [0.3, 0.4) is 0 Å². The average molecular weight is 358 g/mol. The highest BCUT2D eigenvalue weighted by molar-refractivity contribution is 8.16. The summed E-state index contributed by atoms with van der Waals surface area (Å²) in [7, 11) is 0. The van der Waals surface area contributed by atoms with Gasteiger partial charge in [0.15, 0.2) is 5.17 Å². The van der Waals surface area contributed by atoms with Crippen LogP contribution >= 0.6 is 11.8 Å². The maximum atomic E-state index is 12.6. The van der Waals surface area contributed by atoms with Crippen molar-refractivity contribution in [1.29, 1.82) is 0 Å². The van der Waals surface area contributed by atoms with E-state index in [0.717, 1.165) is 43.2 Å². The first-order valence-electron chi connectivity index (χ1n) is 8.54. The summed E-state index contributed by atoms with van der Waals surface area (Å²) in [6.07, 6.45) is 6.20. The van der Waals surface area contributed by atoms with Gasteiger partial charge in [0.05, 0.1) is 10.9 Å². The van der Waals surface area contributed by atoms with Crippen LogP contribution in [-0.4, -0.2) is 28.0 Å². The van der Waals surface area contributed by atoms with Gasteiger partial charge in [-0.2, -0.15) is 5.10 Å². The Balaban J connectivity index is 1.88. The number of carbonyl (C=O) groups is 2. The molecule has 0 bridgehead atoms. The van der Waals surface area contributed by atoms with Crippen molar-refractivity contribution in [2.45, 2.75) is 50.2 Å². The molecule has 1 aliphatic heterocycles. The molecule has 1 heterocycles. The average Bonchev–Trinajstić information content (AvgIpc) is 2.78. The molecule has 1 aromatic carbocycles. The SMILES string of the molecule is O=C([O-])C[C@H]1S/C(=N/N=C2CCCCCC2)N(c2ccccc2)C1=O. The molecule has 2 fully saturated rings. The zero-order valence-electron chi connectivity index (χ0n) is 13.9. The molecule has 0 spiro atoms. The van der Waals surface area contributed by atoms with Crippen LogP contribution in [0, 0.1) is 0 Å². The third-order valence-electron chi connectivity index (χ3n) is 4.26. The number of carboxylic acids is 1. The number of nitrogens with zero attached hydrogens (tertiary/aromatic N) is 3. The molecule has 7 heteroatoms. The Morgan fingerprint density at radius 2 is 1.80 bits per heavy atom. The molecule has 3 rings (SSSR count). The maximum Gasteiger partial charge on any atom is 0.247 e. The van der Waals surface area contributed by atoms with E-state index >= 15 is 0 Å². The van der Waals surface area contributed by atoms with Crippen LogP contribution in [0.15, 0.2) is 40.5 Å². The first-order valence-corrected chi connectivity index (χ1v) is 9.42. The largest absolute Gasteiger partial charge is 0.550 e. The van der Waals surface area contributed by atoms with Gasteiger partial charge in [0.25, 0.3) is 0 Å². The van der Waals surface area contributed by atoms with Crippen molar-refractivity contribution in [3.05, 3.63) is 30.3 Å². The summed E-state index contributed by atoms with van der Waals surface area (Å²) in [6.45, 7) is 0. The Labute approximate surface area is 151 Å². The molecule has 1 aliphatic carbocycles. The maximum absolute atomic E-state index is 12.6. The predicted molar refractivity (Wildman–Crippen MR) is 97.5 cm³/mol. The van der Waals surface area contributed by atoms with Crippen molar-refractivity contribution < 1.29 is 14.7 Å². The molecule has 0 unspecified atom stereocenters. The number of amidine groups is 1. The summed E-state index contributed by atoms with van der Waals surface area (Å²) in [5, 5.41) is 19.3. The lowest BCUT2D eigenvalue weighted by Crippen LogP contribution is -2.35. The van der Waals surface area contributed by atoms with Crippen LogP contribution in [0.1, 0.15) is 44.9 Å². The van der Waals surface area contributed by atoms with E-state index in [-0.39, 0.29) is 12.3 Å². The summed E-state index contributed by atoms with van der Waals surface area (Å²) >= 11 is 1.14. The molecule has 2 aliphatic rings. The number of rotatable bonds is 4. The molecule has 0 N–H and O–H groups in total. The van der Waals surface area contributed by atoms with Gasteiger partial charge in [-0.05, 0) is 37.8 Å². The highest BCUT2D eigenvalue weighted by atomic mass is 32.2. The Morgan fingerprint density at radius 3 is 2.44 bits per heavy atom. The van der Waals surface area contributed by atoms with E-state index in [4.69, 9.17) is 0 Å². The molecule has 1 saturated heterocycles. The van der Waals surface area contributed by atoms with Crippen molar-refractivity contribution in [2.75, 3.05) is 4.90 Å². The first-order chi connectivity index (χ1) is 12.1. The lowest BCUT2D eigenvalue weighted by molar-refractivity contribution is -0.305. The minimum atomic E-state index is -1.24. The van der Waals surface area contributed by atoms with Crippen molar-refractivity contribution in [3.63, 3.8) is 0 Å². The van der Waals surface area contributed by atoms with Crippen LogP contribution < -0.4 is 10.0 Å². The summed E-state index contributed by atoms with van der Waals surface area (Å²) in [6, 6.07) is 9.11. The number of amides is 1. The molecule has 6 nitrogen and oxygen atoms in total. The van der Waals surface area contributed by atoms with Gasteiger partial charge in [-0.1, -0.05) is 42.8 Å². The third-order valence-corrected chi connectivity index (χ3v) is 5.39. The van der Waals surface area contributed by atoms with Gasteiger partial charge < -0.3 is 9.90 Å². The van der Waals surface area contributed by atoms with Crippen LogP contribution in [0.2, 0.25) is 0 Å². The number of benzene rings is 1. The van der Waals surface area contributed by atoms with Gasteiger partial charge in [-0.15, -0.1) is 5.10 Å². The number of para-hydroxylation sites is 1. The Morgan fingerprint density at radius 1 is 1.12 bits per heavy atom. The summed E-state index contributed by atoms with van der Waals surface area (Å²) in [5.41, 5.74) is 1.72. The fraction of sp³-hybridized carbons (Fsp3) is 0.444. The zero-order chi connectivity index (χ0) is 17.6. The molecule has 1 amide bonds. The van der Waals surface area contributed by atoms with Crippen LogP contribution in [0.5, 0.6) is 0 Å². The van der Waals surface area contributed by atoms with Gasteiger partial charge in [0, 0.05) is 18.1 Å². The smallest absolute Gasteiger partial charge is 0.247 e. The van der Waals surface area contributed by atoms with Gasteiger partial charge in [0.2, 0.25) is 5.91 Å². The lowest BCUT2D eigenvalue weighted by atomic mass is 10.2. The highest BCUT2D eigenvalue weighted by Gasteiger charge is 2.39. The molecular weight excluding hydrogens is 338 g/mol. The van der Waals surface area contributed by atoms with Gasteiger partial charge in [-0.25, -0.2) is 0 Å². The number of hydrogen-bond donors (Lipinski definition) is 0. The third kappa shape index (κ3) is 4.48. The predicted octanol–water partition coefficient (Wildman–Crippen LogP) is 2.34. The van der Waals surface area contributed by atoms with Crippen LogP contribution in [0.4, 0.5) is 5.69 Å². The van der Waals surface area contributed by atoms with E-state index in [2.05, 4.69) is 10.2 Å². The van der Waals surface area contributed by atoms with Gasteiger partial charge in [0.1, 0.15) is 0 Å². The monoisotopic (exact) mass is 358 g/mol. The second-order valence-electron chi connectivity index (χ2n) is 6.15.